The summed E-state index contributed by atoms with van der Waals surface area (Å²) in [7, 11) is -2.41. The fourth-order valence-electron chi connectivity index (χ4n) is 9.48. The quantitative estimate of drug-likeness (QED) is 0.290. The van der Waals surface area contributed by atoms with Gasteiger partial charge in [-0.05, 0) is 118 Å². The first-order chi connectivity index (χ1) is 26.0. The third-order valence-corrected chi connectivity index (χ3v) is 15.6. The smallest absolute Gasteiger partial charge is 0.264 e. The highest BCUT2D eigenvalue weighted by Gasteiger charge is 2.49. The van der Waals surface area contributed by atoms with E-state index in [9.17, 15) is 18.0 Å². The maximum Gasteiger partial charge on any atom is 0.264 e. The van der Waals surface area contributed by atoms with Crippen LogP contribution in [0.5, 0.6) is 5.75 Å². The number of fused-ring (bicyclic) bond motifs is 4. The molecule has 2 N–H and O–H groups in total. The van der Waals surface area contributed by atoms with Crippen molar-refractivity contribution in [1.82, 2.24) is 14.9 Å². The van der Waals surface area contributed by atoms with E-state index in [1.54, 1.807) is 32.2 Å². The van der Waals surface area contributed by atoms with Gasteiger partial charge in [0.2, 0.25) is 10.0 Å². The molecule has 10 nitrogen and oxygen atoms in total. The summed E-state index contributed by atoms with van der Waals surface area (Å²) in [5.41, 5.74) is 2.05. The number of amides is 1. The van der Waals surface area contributed by atoms with Crippen molar-refractivity contribution in [3.63, 3.8) is 0 Å². The Hall–Kier alpha value is -2.96. The van der Waals surface area contributed by atoms with Crippen LogP contribution in [-0.4, -0.2) is 95.4 Å². The summed E-state index contributed by atoms with van der Waals surface area (Å²) in [5.74, 6) is -0.203. The van der Waals surface area contributed by atoms with Crippen molar-refractivity contribution in [3.05, 3.63) is 70.3 Å². The van der Waals surface area contributed by atoms with Gasteiger partial charge in [-0.2, -0.15) is 0 Å². The van der Waals surface area contributed by atoms with E-state index in [-0.39, 0.29) is 28.7 Å². The summed E-state index contributed by atoms with van der Waals surface area (Å²) in [6, 6.07) is 12.2. The maximum absolute atomic E-state index is 13.4. The van der Waals surface area contributed by atoms with Crippen molar-refractivity contribution < 1.29 is 27.5 Å². The third kappa shape index (κ3) is 7.85. The van der Waals surface area contributed by atoms with Gasteiger partial charge in [-0.15, -0.1) is 0 Å². The predicted molar refractivity (Wildman–Crippen MR) is 213 cm³/mol. The molecular weight excluding hydrogens is 724 g/mol. The van der Waals surface area contributed by atoms with E-state index in [1.807, 2.05) is 25.1 Å². The van der Waals surface area contributed by atoms with Gasteiger partial charge in [0, 0.05) is 74.3 Å². The molecule has 1 amide bonds. The Morgan fingerprint density at radius 3 is 2.52 bits per heavy atom. The predicted octanol–water partition coefficient (Wildman–Crippen LogP) is 5.91. The molecule has 294 valence electrons. The van der Waals surface area contributed by atoms with Crippen molar-refractivity contribution in [2.24, 2.45) is 17.8 Å². The van der Waals surface area contributed by atoms with E-state index in [0.29, 0.717) is 36.9 Å². The minimum Gasteiger partial charge on any atom is -0.490 e. The van der Waals surface area contributed by atoms with E-state index < -0.39 is 26.8 Å². The molecule has 2 bridgehead atoms. The molecule has 0 aromatic heterocycles. The van der Waals surface area contributed by atoms with Gasteiger partial charge in [0.05, 0.1) is 17.5 Å². The Balaban J connectivity index is 0.000000386. The summed E-state index contributed by atoms with van der Waals surface area (Å²) < 4.78 is 41.3. The lowest BCUT2D eigenvalue weighted by Gasteiger charge is -2.48. The highest BCUT2D eigenvalue weighted by molar-refractivity contribution is 7.90. The fourth-order valence-corrected chi connectivity index (χ4v) is 11.0. The number of sulfonamides is 1. The number of methoxy groups -OCH3 is 1. The van der Waals surface area contributed by atoms with Crippen LogP contribution < -0.4 is 19.7 Å². The minimum absolute atomic E-state index is 0.0434. The molecule has 12 heteroatoms. The largest absolute Gasteiger partial charge is 0.490 e. The van der Waals surface area contributed by atoms with Gasteiger partial charge in [0.25, 0.3) is 5.91 Å². The van der Waals surface area contributed by atoms with Gasteiger partial charge < -0.3 is 19.7 Å². The number of hydrogen-bond acceptors (Lipinski definition) is 9. The van der Waals surface area contributed by atoms with Crippen LogP contribution in [0.15, 0.2) is 48.6 Å². The number of benzene rings is 2. The Morgan fingerprint density at radius 1 is 1.04 bits per heavy atom. The molecule has 0 unspecified atom stereocenters. The topological polar surface area (TPSA) is 117 Å². The average molecular weight is 781 g/mol. The molecule has 3 fully saturated rings. The van der Waals surface area contributed by atoms with Gasteiger partial charge in [0.1, 0.15) is 11.4 Å². The van der Waals surface area contributed by atoms with Gasteiger partial charge in [-0.25, -0.2) is 13.1 Å². The van der Waals surface area contributed by atoms with Crippen LogP contribution in [-0.2, 0) is 31.4 Å². The summed E-state index contributed by atoms with van der Waals surface area (Å²) >= 11 is 6.40. The number of aryl methyl sites for hydroxylation is 1. The van der Waals surface area contributed by atoms with Gasteiger partial charge in [-0.3, -0.25) is 14.5 Å². The first-order valence-corrected chi connectivity index (χ1v) is 21.9. The van der Waals surface area contributed by atoms with Crippen molar-refractivity contribution in [2.45, 2.75) is 93.9 Å². The highest BCUT2D eigenvalue weighted by atomic mass is 35.5. The van der Waals surface area contributed by atoms with Crippen molar-refractivity contribution in [3.8, 4) is 5.75 Å². The van der Waals surface area contributed by atoms with Crippen molar-refractivity contribution >= 4 is 39.5 Å². The molecule has 3 aliphatic heterocycles. The van der Waals surface area contributed by atoms with E-state index in [4.69, 9.17) is 21.1 Å². The van der Waals surface area contributed by atoms with Crippen LogP contribution in [0.25, 0.3) is 0 Å². The summed E-state index contributed by atoms with van der Waals surface area (Å²) in [4.78, 5) is 31.0. The summed E-state index contributed by atoms with van der Waals surface area (Å²) in [6.45, 7) is 10.1. The number of ether oxygens (including phenoxy) is 2. The van der Waals surface area contributed by atoms with E-state index in [0.717, 1.165) is 50.1 Å². The molecule has 54 heavy (non-hydrogen) atoms. The zero-order valence-corrected chi connectivity index (χ0v) is 33.6. The van der Waals surface area contributed by atoms with Crippen molar-refractivity contribution in [1.29, 1.82) is 0 Å². The van der Waals surface area contributed by atoms with E-state index in [2.05, 4.69) is 32.0 Å². The molecule has 6 atom stereocenters. The Bertz CT molecular complexity index is 1830. The lowest BCUT2D eigenvalue weighted by molar-refractivity contribution is -0.135. The third-order valence-electron chi connectivity index (χ3n) is 13.4. The molecule has 2 saturated carbocycles. The summed E-state index contributed by atoms with van der Waals surface area (Å²) in [6.07, 6.45) is 14.0. The molecule has 8 rings (SSSR count). The number of nitrogens with zero attached hydrogens (tertiary/aromatic N) is 2. The molecule has 2 aromatic rings. The minimum atomic E-state index is -3.97. The number of nitrogens with one attached hydrogen (secondary N) is 2. The Labute approximate surface area is 326 Å². The molecule has 6 aliphatic rings. The second-order valence-electron chi connectivity index (χ2n) is 16.6. The second-order valence-corrected chi connectivity index (χ2v) is 19.0. The number of hydrogen-bond donors (Lipinski definition) is 2. The van der Waals surface area contributed by atoms with Crippen LogP contribution in [0.3, 0.4) is 0 Å². The second kappa shape index (κ2) is 16.3. The highest BCUT2D eigenvalue weighted by Crippen LogP contribution is 2.48. The summed E-state index contributed by atoms with van der Waals surface area (Å²) in [5, 5.41) is 3.25. The van der Waals surface area contributed by atoms with Gasteiger partial charge in [-0.1, -0.05) is 37.1 Å². The molecule has 0 radical (unpaired) electrons. The maximum atomic E-state index is 13.4. The number of carbonyl (C=O) groups is 2. The van der Waals surface area contributed by atoms with Gasteiger partial charge in [0.15, 0.2) is 6.29 Å². The molecule has 1 saturated heterocycles. The molecular formula is C42H57ClN4O6S. The zero-order chi connectivity index (χ0) is 38.1. The lowest BCUT2D eigenvalue weighted by Crippen LogP contribution is -2.53. The number of rotatable bonds is 3. The van der Waals surface area contributed by atoms with E-state index >= 15 is 0 Å². The lowest BCUT2D eigenvalue weighted by atomic mass is 9.64. The van der Waals surface area contributed by atoms with Gasteiger partial charge >= 0.3 is 0 Å². The Kier molecular flexibility index (Phi) is 11.8. The molecule has 2 aromatic carbocycles. The number of halogens is 1. The number of piperazine rings is 1. The van der Waals surface area contributed by atoms with Crippen LogP contribution in [0.2, 0.25) is 5.02 Å². The van der Waals surface area contributed by atoms with Crippen LogP contribution in [0.1, 0.15) is 86.7 Å². The van der Waals surface area contributed by atoms with Crippen LogP contribution >= 0.6 is 11.6 Å². The standard InChI is InChI=1S/C34H41ClN2O6S.C8H16N2/c1-22-6-4-15-34(20-38,42-3)29-11-8-26(29)18-37-19-33(14-5-7-24-16-27(35)10-12-28(24)33)21-43-31-13-9-25(17-30(31)37)32(39)36-44(40,41)23(22)2;1-2-8(3-1)10-6-4-9-5-7-10/h4,9-10,12-13,15-17,20,22-23,26,29H,5-8,11,14,18-19,21H2,1-3H3,(H,36,39);8-9H,1-7H2/b15-4+;/t22-,23+,26-,29+,33-,34+;/m0./s1. The molecule has 3 aliphatic carbocycles. The Morgan fingerprint density at radius 2 is 1.83 bits per heavy atom. The number of allylic oxidation sites excluding steroid dienone is 1. The van der Waals surface area contributed by atoms with Crippen molar-refractivity contribution in [2.75, 3.05) is 57.9 Å². The fraction of sp³-hybridized carbons (Fsp3) is 0.619. The number of aldehydes is 1. The molecule has 3 heterocycles. The van der Waals surface area contributed by atoms with Crippen LogP contribution in [0, 0.1) is 17.8 Å². The number of carbonyl (C=O) groups excluding carboxylic acids is 2. The first-order valence-electron chi connectivity index (χ1n) is 20.0. The van der Waals surface area contributed by atoms with E-state index in [1.165, 1.54) is 56.6 Å². The molecule has 1 spiro atoms. The monoisotopic (exact) mass is 780 g/mol. The van der Waals surface area contributed by atoms with Crippen LogP contribution in [0.4, 0.5) is 5.69 Å². The zero-order valence-electron chi connectivity index (χ0n) is 32.0. The SMILES string of the molecule is C1CC(N2CCNCC2)C1.CO[C@@]1(C=O)/C=C/C[C@H](C)[C@@H](C)S(=O)(=O)NC(=O)c2ccc3c(c2)N(C[C@@H]2CC[C@H]21)C[C@@]1(CCCc2cc(Cl)ccc21)CO3. The first kappa shape index (κ1) is 39.3. The number of anilines is 1. The normalized spacial score (nSPS) is 33.2. The average Bonchev–Trinajstić information content (AvgIpc) is 3.28.